The van der Waals surface area contributed by atoms with E-state index >= 15 is 0 Å². The predicted molar refractivity (Wildman–Crippen MR) is 127 cm³/mol. The number of anilines is 1. The first-order chi connectivity index (χ1) is 15.4. The first-order valence-corrected chi connectivity index (χ1v) is 12.5. The third kappa shape index (κ3) is 4.88. The largest absolute Gasteiger partial charge is 0.459 e. The zero-order valence-corrected chi connectivity index (χ0v) is 20.0. The van der Waals surface area contributed by atoms with Gasteiger partial charge in [-0.3, -0.25) is 9.36 Å². The Balaban J connectivity index is 1.50. The van der Waals surface area contributed by atoms with E-state index in [0.717, 1.165) is 42.8 Å². The first-order valence-electron chi connectivity index (χ1n) is 10.7. The average molecular weight is 471 g/mol. The quantitative estimate of drug-likeness (QED) is 0.394. The lowest BCUT2D eigenvalue weighted by molar-refractivity contribution is -0.113. The van der Waals surface area contributed by atoms with E-state index in [1.54, 1.807) is 0 Å². The summed E-state index contributed by atoms with van der Waals surface area (Å²) in [6.45, 7) is 5.54. The van der Waals surface area contributed by atoms with Gasteiger partial charge < -0.3 is 10.1 Å². The molecule has 0 atom stereocenters. The van der Waals surface area contributed by atoms with E-state index in [9.17, 15) is 9.59 Å². The van der Waals surface area contributed by atoms with E-state index in [2.05, 4.69) is 15.5 Å². The molecule has 0 aliphatic heterocycles. The fourth-order valence-electron chi connectivity index (χ4n) is 3.75. The minimum Gasteiger partial charge on any atom is -0.459 e. The molecule has 168 valence electrons. The van der Waals surface area contributed by atoms with Gasteiger partial charge in [-0.05, 0) is 64.2 Å². The lowest BCUT2D eigenvalue weighted by Crippen LogP contribution is -2.19. The topological polar surface area (TPSA) is 86.1 Å². The summed E-state index contributed by atoms with van der Waals surface area (Å²) in [5.74, 6) is 0.365. The zero-order valence-electron chi connectivity index (χ0n) is 18.4. The van der Waals surface area contributed by atoms with Crippen LogP contribution in [0.3, 0.4) is 0 Å². The van der Waals surface area contributed by atoms with Crippen molar-refractivity contribution in [1.82, 2.24) is 14.8 Å². The molecule has 3 aromatic rings. The Labute approximate surface area is 195 Å². The monoisotopic (exact) mass is 470 g/mol. The van der Waals surface area contributed by atoms with Crippen LogP contribution in [-0.2, 0) is 22.4 Å². The van der Waals surface area contributed by atoms with Crippen LogP contribution >= 0.6 is 23.1 Å². The number of thiophene rings is 1. The standard InChI is InChI=1S/C23H26N4O3S2/c1-14(2)30-22(29)20-17-11-7-8-12-18(17)32-21(20)24-19(28)13-31-23-26-25-15(3)27(23)16-9-5-4-6-10-16/h4-6,9-10,14H,7-8,11-13H2,1-3H3,(H,24,28). The molecule has 1 N–H and O–H groups in total. The van der Waals surface area contributed by atoms with Gasteiger partial charge in [0.15, 0.2) is 5.16 Å². The third-order valence-corrected chi connectivity index (χ3v) is 7.25. The van der Waals surface area contributed by atoms with E-state index < -0.39 is 0 Å². The lowest BCUT2D eigenvalue weighted by atomic mass is 9.95. The Hall–Kier alpha value is -2.65. The number of esters is 1. The van der Waals surface area contributed by atoms with Crippen LogP contribution in [0.25, 0.3) is 5.69 Å². The summed E-state index contributed by atoms with van der Waals surface area (Å²) in [4.78, 5) is 26.8. The molecule has 4 rings (SSSR count). The van der Waals surface area contributed by atoms with Crippen molar-refractivity contribution in [2.75, 3.05) is 11.1 Å². The second kappa shape index (κ2) is 9.87. The number of aromatic nitrogens is 3. The Morgan fingerprint density at radius 3 is 2.69 bits per heavy atom. The molecule has 0 unspecified atom stereocenters. The van der Waals surface area contributed by atoms with E-state index in [4.69, 9.17) is 4.74 Å². The number of nitrogens with one attached hydrogen (secondary N) is 1. The summed E-state index contributed by atoms with van der Waals surface area (Å²) in [5.41, 5.74) is 2.51. The zero-order chi connectivity index (χ0) is 22.7. The van der Waals surface area contributed by atoms with Gasteiger partial charge >= 0.3 is 5.97 Å². The number of benzene rings is 1. The molecule has 1 aromatic carbocycles. The van der Waals surface area contributed by atoms with Gasteiger partial charge in [0.2, 0.25) is 5.91 Å². The molecular weight excluding hydrogens is 444 g/mol. The van der Waals surface area contributed by atoms with Crippen molar-refractivity contribution in [1.29, 1.82) is 0 Å². The summed E-state index contributed by atoms with van der Waals surface area (Å²) in [5, 5.41) is 12.6. The highest BCUT2D eigenvalue weighted by molar-refractivity contribution is 7.99. The molecule has 7 nitrogen and oxygen atoms in total. The van der Waals surface area contributed by atoms with Crippen molar-refractivity contribution in [2.45, 2.75) is 57.7 Å². The van der Waals surface area contributed by atoms with E-state index in [-0.39, 0.29) is 23.7 Å². The van der Waals surface area contributed by atoms with Crippen molar-refractivity contribution in [3.8, 4) is 5.69 Å². The van der Waals surface area contributed by atoms with Crippen molar-refractivity contribution in [3.05, 3.63) is 52.2 Å². The highest BCUT2D eigenvalue weighted by atomic mass is 32.2. The number of amides is 1. The second-order valence-electron chi connectivity index (χ2n) is 7.91. The second-order valence-corrected chi connectivity index (χ2v) is 9.95. The number of thioether (sulfide) groups is 1. The fraction of sp³-hybridized carbons (Fsp3) is 0.391. The third-order valence-electron chi connectivity index (χ3n) is 5.11. The number of hydrogen-bond donors (Lipinski definition) is 1. The molecular formula is C23H26N4O3S2. The molecule has 0 saturated heterocycles. The average Bonchev–Trinajstić information content (AvgIpc) is 3.32. The maximum Gasteiger partial charge on any atom is 0.341 e. The number of nitrogens with zero attached hydrogens (tertiary/aromatic N) is 3. The number of hydrogen-bond acceptors (Lipinski definition) is 7. The molecule has 0 fully saturated rings. The summed E-state index contributed by atoms with van der Waals surface area (Å²) >= 11 is 2.81. The van der Waals surface area contributed by atoms with Gasteiger partial charge in [-0.1, -0.05) is 30.0 Å². The highest BCUT2D eigenvalue weighted by Crippen LogP contribution is 2.39. The maximum absolute atomic E-state index is 12.8. The number of aryl methyl sites for hydroxylation is 2. The number of carbonyl (C=O) groups excluding carboxylic acids is 2. The van der Waals surface area contributed by atoms with Gasteiger partial charge in [0.05, 0.1) is 17.4 Å². The smallest absolute Gasteiger partial charge is 0.341 e. The normalized spacial score (nSPS) is 13.1. The molecule has 1 aliphatic carbocycles. The van der Waals surface area contributed by atoms with Crippen LogP contribution < -0.4 is 5.32 Å². The van der Waals surface area contributed by atoms with Gasteiger partial charge in [-0.2, -0.15) is 0 Å². The summed E-state index contributed by atoms with van der Waals surface area (Å²) < 4.78 is 7.39. The number of carbonyl (C=O) groups is 2. The number of ether oxygens (including phenoxy) is 1. The van der Waals surface area contributed by atoms with E-state index in [0.29, 0.717) is 15.7 Å². The molecule has 1 amide bonds. The molecule has 32 heavy (non-hydrogen) atoms. The van der Waals surface area contributed by atoms with Crippen LogP contribution in [0, 0.1) is 6.92 Å². The summed E-state index contributed by atoms with van der Waals surface area (Å²) in [6, 6.07) is 9.80. The first kappa shape index (κ1) is 22.5. The van der Waals surface area contributed by atoms with Crippen LogP contribution in [0.1, 0.15) is 53.3 Å². The predicted octanol–water partition coefficient (Wildman–Crippen LogP) is 4.81. The van der Waals surface area contributed by atoms with Gasteiger partial charge in [0.25, 0.3) is 0 Å². The Morgan fingerprint density at radius 1 is 1.19 bits per heavy atom. The van der Waals surface area contributed by atoms with Gasteiger partial charge in [0.1, 0.15) is 10.8 Å². The molecule has 0 spiro atoms. The van der Waals surface area contributed by atoms with Crippen LogP contribution in [0.2, 0.25) is 0 Å². The van der Waals surface area contributed by atoms with E-state index in [1.165, 1.54) is 28.0 Å². The minimum absolute atomic E-state index is 0.159. The van der Waals surface area contributed by atoms with Crippen LogP contribution in [0.5, 0.6) is 0 Å². The molecule has 0 bridgehead atoms. The SMILES string of the molecule is Cc1nnc(SCC(=O)Nc2sc3c(c2C(=O)OC(C)C)CCCC3)n1-c1ccccc1. The van der Waals surface area contributed by atoms with Crippen molar-refractivity contribution in [2.24, 2.45) is 0 Å². The lowest BCUT2D eigenvalue weighted by Gasteiger charge is -2.14. The van der Waals surface area contributed by atoms with Crippen molar-refractivity contribution < 1.29 is 14.3 Å². The van der Waals surface area contributed by atoms with Gasteiger partial charge in [-0.15, -0.1) is 21.5 Å². The molecule has 1 aliphatic rings. The van der Waals surface area contributed by atoms with E-state index in [1.807, 2.05) is 55.7 Å². The van der Waals surface area contributed by atoms with Crippen LogP contribution in [-0.4, -0.2) is 38.5 Å². The Morgan fingerprint density at radius 2 is 1.94 bits per heavy atom. The van der Waals surface area contributed by atoms with Gasteiger partial charge in [0, 0.05) is 10.6 Å². The Kier molecular flexibility index (Phi) is 6.95. The number of fused-ring (bicyclic) bond motifs is 1. The summed E-state index contributed by atoms with van der Waals surface area (Å²) in [6.07, 6.45) is 3.71. The number of para-hydroxylation sites is 1. The molecule has 9 heteroatoms. The summed E-state index contributed by atoms with van der Waals surface area (Å²) in [7, 11) is 0. The number of rotatable bonds is 7. The van der Waals surface area contributed by atoms with Crippen molar-refractivity contribution in [3.63, 3.8) is 0 Å². The minimum atomic E-state index is -0.359. The van der Waals surface area contributed by atoms with Crippen molar-refractivity contribution >= 4 is 40.0 Å². The molecule has 2 heterocycles. The Bertz CT molecular complexity index is 1120. The molecule has 2 aromatic heterocycles. The fourth-order valence-corrected chi connectivity index (χ4v) is 5.84. The molecule has 0 saturated carbocycles. The van der Waals surface area contributed by atoms with Gasteiger partial charge in [-0.25, -0.2) is 4.79 Å². The maximum atomic E-state index is 12.8. The molecule has 0 radical (unpaired) electrons. The van der Waals surface area contributed by atoms with Crippen LogP contribution in [0.15, 0.2) is 35.5 Å². The van der Waals surface area contributed by atoms with Crippen LogP contribution in [0.4, 0.5) is 5.00 Å². The highest BCUT2D eigenvalue weighted by Gasteiger charge is 2.28.